The van der Waals surface area contributed by atoms with E-state index in [1.165, 1.54) is 12.1 Å². The van der Waals surface area contributed by atoms with E-state index in [4.69, 9.17) is 0 Å². The van der Waals surface area contributed by atoms with Crippen LogP contribution in [0.1, 0.15) is 24.5 Å². The molecular formula is C17H24FIN4O2. The van der Waals surface area contributed by atoms with E-state index in [1.54, 1.807) is 19.2 Å². The van der Waals surface area contributed by atoms with Gasteiger partial charge in [0, 0.05) is 32.7 Å². The van der Waals surface area contributed by atoms with Gasteiger partial charge in [-0.1, -0.05) is 12.1 Å². The summed E-state index contributed by atoms with van der Waals surface area (Å²) in [6, 6.07) is 6.33. The Bertz CT molecular complexity index is 639. The molecule has 1 aromatic carbocycles. The molecule has 25 heavy (non-hydrogen) atoms. The van der Waals surface area contributed by atoms with E-state index in [-0.39, 0.29) is 42.2 Å². The summed E-state index contributed by atoms with van der Waals surface area (Å²) in [5, 5.41) is 13.3. The summed E-state index contributed by atoms with van der Waals surface area (Å²) in [5.41, 5.74) is 0.507. The van der Waals surface area contributed by atoms with Crippen molar-refractivity contribution in [3.8, 4) is 0 Å². The Morgan fingerprint density at radius 1 is 1.44 bits per heavy atom. The molecule has 8 heteroatoms. The van der Waals surface area contributed by atoms with Gasteiger partial charge in [0.2, 0.25) is 5.91 Å². The number of nitrogens with one attached hydrogen (secondary N) is 1. The van der Waals surface area contributed by atoms with Crippen molar-refractivity contribution in [3.05, 3.63) is 35.6 Å². The van der Waals surface area contributed by atoms with E-state index in [9.17, 15) is 14.3 Å². The number of carbonyl (C=O) groups excluding carboxylic acids is 1. The Balaban J connectivity index is 0.00000225. The number of aliphatic hydroxyl groups is 1. The number of nitrogens with zero attached hydrogens (tertiary/aromatic N) is 3. The summed E-state index contributed by atoms with van der Waals surface area (Å²) in [6.45, 7) is 1.92. The minimum Gasteiger partial charge on any atom is -0.387 e. The van der Waals surface area contributed by atoms with Gasteiger partial charge in [-0.25, -0.2) is 4.39 Å². The van der Waals surface area contributed by atoms with E-state index < -0.39 is 6.10 Å². The van der Waals surface area contributed by atoms with Crippen LogP contribution in [0.25, 0.3) is 0 Å². The van der Waals surface area contributed by atoms with Crippen LogP contribution in [0.15, 0.2) is 29.3 Å². The number of hydrogen-bond acceptors (Lipinski definition) is 3. The van der Waals surface area contributed by atoms with E-state index in [0.717, 1.165) is 19.4 Å². The van der Waals surface area contributed by atoms with Crippen molar-refractivity contribution in [2.45, 2.75) is 25.0 Å². The number of rotatable bonds is 4. The number of piperazine rings is 1. The second-order valence-electron chi connectivity index (χ2n) is 6.24. The lowest BCUT2D eigenvalue weighted by molar-refractivity contribution is -0.135. The van der Waals surface area contributed by atoms with Crippen LogP contribution in [0.2, 0.25) is 0 Å². The standard InChI is InChI=1S/C17H23FN4O2.HI/c1-19-17(20-10-15(23)12-3-2-4-13(18)9-12)21-7-8-22(14-5-6-14)16(24)11-21;/h2-4,9,14-15,23H,5-8,10-11H2,1H3,(H,19,20);1H. The lowest BCUT2D eigenvalue weighted by Crippen LogP contribution is -2.56. The van der Waals surface area contributed by atoms with Gasteiger partial charge in [0.15, 0.2) is 5.96 Å². The zero-order chi connectivity index (χ0) is 17.1. The monoisotopic (exact) mass is 462 g/mol. The molecule has 1 unspecified atom stereocenters. The van der Waals surface area contributed by atoms with Crippen molar-refractivity contribution in [1.29, 1.82) is 0 Å². The summed E-state index contributed by atoms with van der Waals surface area (Å²) in [6.07, 6.45) is 1.37. The Hall–Kier alpha value is -1.42. The lowest BCUT2D eigenvalue weighted by Gasteiger charge is -2.36. The molecular weight excluding hydrogens is 438 g/mol. The molecule has 138 valence electrons. The van der Waals surface area contributed by atoms with Crippen LogP contribution in [0, 0.1) is 5.82 Å². The maximum absolute atomic E-state index is 13.2. The SMILES string of the molecule is CN=C(NCC(O)c1cccc(F)c1)N1CCN(C2CC2)C(=O)C1.I. The highest BCUT2D eigenvalue weighted by Gasteiger charge is 2.36. The van der Waals surface area contributed by atoms with Gasteiger partial charge >= 0.3 is 0 Å². The lowest BCUT2D eigenvalue weighted by atomic mass is 10.1. The van der Waals surface area contributed by atoms with Gasteiger partial charge in [-0.15, -0.1) is 24.0 Å². The summed E-state index contributed by atoms with van der Waals surface area (Å²) >= 11 is 0. The average molecular weight is 462 g/mol. The zero-order valence-electron chi connectivity index (χ0n) is 14.2. The van der Waals surface area contributed by atoms with Gasteiger partial charge in [0.1, 0.15) is 5.82 Å². The third kappa shape index (κ3) is 5.04. The molecule has 1 saturated heterocycles. The summed E-state index contributed by atoms with van der Waals surface area (Å²) in [5.74, 6) is 0.323. The number of aliphatic hydroxyl groups excluding tert-OH is 1. The summed E-state index contributed by atoms with van der Waals surface area (Å²) in [4.78, 5) is 20.2. The van der Waals surface area contributed by atoms with Crippen LogP contribution in [-0.4, -0.2) is 66.0 Å². The molecule has 6 nitrogen and oxygen atoms in total. The predicted octanol–water partition coefficient (Wildman–Crippen LogP) is 1.36. The number of amides is 1. The van der Waals surface area contributed by atoms with E-state index in [2.05, 4.69) is 10.3 Å². The molecule has 1 aliphatic carbocycles. The van der Waals surface area contributed by atoms with Crippen LogP contribution in [-0.2, 0) is 4.79 Å². The first-order valence-corrected chi connectivity index (χ1v) is 8.27. The fourth-order valence-corrected chi connectivity index (χ4v) is 2.99. The molecule has 0 bridgehead atoms. The topological polar surface area (TPSA) is 68.2 Å². The number of benzene rings is 1. The third-order valence-corrected chi connectivity index (χ3v) is 4.44. The molecule has 1 aliphatic heterocycles. The van der Waals surface area contributed by atoms with Gasteiger partial charge in [0.25, 0.3) is 0 Å². The molecule has 2 aliphatic rings. The van der Waals surface area contributed by atoms with Gasteiger partial charge in [-0.3, -0.25) is 9.79 Å². The Labute approximate surface area is 164 Å². The van der Waals surface area contributed by atoms with Gasteiger partial charge in [-0.2, -0.15) is 0 Å². The third-order valence-electron chi connectivity index (χ3n) is 4.44. The molecule has 1 saturated carbocycles. The number of halogens is 2. The minimum absolute atomic E-state index is 0. The second kappa shape index (κ2) is 8.79. The fourth-order valence-electron chi connectivity index (χ4n) is 2.99. The second-order valence-corrected chi connectivity index (χ2v) is 6.24. The van der Waals surface area contributed by atoms with Crippen molar-refractivity contribution in [3.63, 3.8) is 0 Å². The molecule has 3 rings (SSSR count). The largest absolute Gasteiger partial charge is 0.387 e. The van der Waals surface area contributed by atoms with Crippen LogP contribution < -0.4 is 5.32 Å². The first-order chi connectivity index (χ1) is 11.6. The van der Waals surface area contributed by atoms with Gasteiger partial charge in [-0.05, 0) is 30.5 Å². The zero-order valence-corrected chi connectivity index (χ0v) is 16.5. The normalized spacial score (nSPS) is 19.5. The summed E-state index contributed by atoms with van der Waals surface area (Å²) < 4.78 is 13.2. The molecule has 0 radical (unpaired) electrons. The number of guanidine groups is 1. The molecule has 1 heterocycles. The molecule has 0 spiro atoms. The van der Waals surface area contributed by atoms with Gasteiger partial charge in [0.05, 0.1) is 12.6 Å². The molecule has 2 fully saturated rings. The van der Waals surface area contributed by atoms with E-state index >= 15 is 0 Å². The first-order valence-electron chi connectivity index (χ1n) is 8.27. The number of carbonyl (C=O) groups is 1. The van der Waals surface area contributed by atoms with Crippen LogP contribution in [0.5, 0.6) is 0 Å². The molecule has 0 aromatic heterocycles. The molecule has 2 N–H and O–H groups in total. The van der Waals surface area contributed by atoms with Crippen LogP contribution in [0.4, 0.5) is 4.39 Å². The highest BCUT2D eigenvalue weighted by Crippen LogP contribution is 2.28. The Morgan fingerprint density at radius 2 is 2.20 bits per heavy atom. The van der Waals surface area contributed by atoms with Crippen molar-refractivity contribution < 1.29 is 14.3 Å². The number of aliphatic imine (C=N–C) groups is 1. The van der Waals surface area contributed by atoms with Crippen molar-refractivity contribution in [2.75, 3.05) is 33.2 Å². The summed E-state index contributed by atoms with van der Waals surface area (Å²) in [7, 11) is 1.65. The van der Waals surface area contributed by atoms with E-state index in [1.807, 2.05) is 9.80 Å². The van der Waals surface area contributed by atoms with Gasteiger partial charge < -0.3 is 20.2 Å². The fraction of sp³-hybridized carbons (Fsp3) is 0.529. The van der Waals surface area contributed by atoms with Crippen molar-refractivity contribution in [2.24, 2.45) is 4.99 Å². The Kier molecular flexibility index (Phi) is 7.00. The molecule has 1 amide bonds. The van der Waals surface area contributed by atoms with Crippen LogP contribution >= 0.6 is 24.0 Å². The Morgan fingerprint density at radius 3 is 2.80 bits per heavy atom. The van der Waals surface area contributed by atoms with Crippen molar-refractivity contribution in [1.82, 2.24) is 15.1 Å². The van der Waals surface area contributed by atoms with Crippen molar-refractivity contribution >= 4 is 35.8 Å². The highest BCUT2D eigenvalue weighted by molar-refractivity contribution is 14.0. The average Bonchev–Trinajstić information content (AvgIpc) is 3.40. The molecule has 1 atom stereocenters. The quantitative estimate of drug-likeness (QED) is 0.403. The first kappa shape index (κ1) is 19.9. The van der Waals surface area contributed by atoms with E-state index in [0.29, 0.717) is 30.7 Å². The highest BCUT2D eigenvalue weighted by atomic mass is 127. The number of hydrogen-bond donors (Lipinski definition) is 2. The van der Waals surface area contributed by atoms with Crippen LogP contribution in [0.3, 0.4) is 0 Å². The maximum atomic E-state index is 13.2. The maximum Gasteiger partial charge on any atom is 0.242 e. The molecule has 1 aromatic rings. The minimum atomic E-state index is -0.846. The smallest absolute Gasteiger partial charge is 0.242 e. The predicted molar refractivity (Wildman–Crippen MR) is 104 cm³/mol.